The van der Waals surface area contributed by atoms with Gasteiger partial charge in [0.15, 0.2) is 0 Å². The highest BCUT2D eigenvalue weighted by molar-refractivity contribution is 9.10. The summed E-state index contributed by atoms with van der Waals surface area (Å²) in [6, 6.07) is 8.13. The zero-order valence-corrected chi connectivity index (χ0v) is 13.0. The van der Waals surface area contributed by atoms with Crippen molar-refractivity contribution in [3.8, 4) is 0 Å². The van der Waals surface area contributed by atoms with Crippen LogP contribution in [-0.4, -0.2) is 48.9 Å². The van der Waals surface area contributed by atoms with E-state index < -0.39 is 0 Å². The molecule has 1 aromatic rings. The lowest BCUT2D eigenvalue weighted by atomic mass is 10.1. The first-order chi connectivity index (χ1) is 9.06. The maximum absolute atomic E-state index is 11.5. The second kappa shape index (κ2) is 6.50. The molecular weight excluding hydrogens is 306 g/mol. The van der Waals surface area contributed by atoms with Crippen molar-refractivity contribution in [2.75, 3.05) is 33.2 Å². The molecule has 1 aromatic carbocycles. The number of benzene rings is 1. The third-order valence-corrected chi connectivity index (χ3v) is 3.90. The van der Waals surface area contributed by atoms with Gasteiger partial charge in [0.1, 0.15) is 6.17 Å². The van der Waals surface area contributed by atoms with E-state index in [9.17, 15) is 4.79 Å². The highest BCUT2D eigenvalue weighted by Gasteiger charge is 2.24. The zero-order valence-electron chi connectivity index (χ0n) is 11.4. The number of likely N-dealkylation sites (N-methyl/N-ethyl adjacent to an activating group) is 1. The van der Waals surface area contributed by atoms with Crippen LogP contribution in [0.2, 0.25) is 0 Å². The molecule has 0 saturated carbocycles. The SMILES string of the molecule is CC(=O)NC(c1cccc(Br)c1)N1CCN(C)CC1. The summed E-state index contributed by atoms with van der Waals surface area (Å²) < 4.78 is 1.04. The molecule has 1 amide bonds. The number of nitrogens with zero attached hydrogens (tertiary/aromatic N) is 2. The molecule has 104 valence electrons. The Labute approximate surface area is 122 Å². The molecule has 1 fully saturated rings. The van der Waals surface area contributed by atoms with Gasteiger partial charge in [0.25, 0.3) is 0 Å². The van der Waals surface area contributed by atoms with E-state index in [1.54, 1.807) is 6.92 Å². The Morgan fingerprint density at radius 1 is 1.32 bits per heavy atom. The normalized spacial score (nSPS) is 19.1. The molecule has 1 aliphatic heterocycles. The van der Waals surface area contributed by atoms with Crippen molar-refractivity contribution in [2.45, 2.75) is 13.1 Å². The first kappa shape index (κ1) is 14.5. The van der Waals surface area contributed by atoms with Gasteiger partial charge in [-0.2, -0.15) is 0 Å². The van der Waals surface area contributed by atoms with Crippen LogP contribution in [0.3, 0.4) is 0 Å². The lowest BCUT2D eigenvalue weighted by Crippen LogP contribution is -2.50. The summed E-state index contributed by atoms with van der Waals surface area (Å²) in [5, 5.41) is 3.06. The highest BCUT2D eigenvalue weighted by atomic mass is 79.9. The van der Waals surface area contributed by atoms with Crippen molar-refractivity contribution >= 4 is 21.8 Å². The number of piperazine rings is 1. The number of halogens is 1. The average molecular weight is 326 g/mol. The number of rotatable bonds is 3. The van der Waals surface area contributed by atoms with Gasteiger partial charge in [-0.05, 0) is 24.7 Å². The number of hydrogen-bond donors (Lipinski definition) is 1. The lowest BCUT2D eigenvalue weighted by molar-refractivity contribution is -0.121. The molecule has 5 heteroatoms. The summed E-state index contributed by atoms with van der Waals surface area (Å²) in [5.41, 5.74) is 1.12. The van der Waals surface area contributed by atoms with E-state index in [4.69, 9.17) is 0 Å². The van der Waals surface area contributed by atoms with Gasteiger partial charge in [-0.25, -0.2) is 0 Å². The standard InChI is InChI=1S/C14H20BrN3O/c1-11(19)16-14(12-4-3-5-13(15)10-12)18-8-6-17(2)7-9-18/h3-5,10,14H,6-9H2,1-2H3,(H,16,19). The van der Waals surface area contributed by atoms with E-state index in [0.29, 0.717) is 0 Å². The smallest absolute Gasteiger partial charge is 0.218 e. The van der Waals surface area contributed by atoms with E-state index in [0.717, 1.165) is 36.2 Å². The predicted molar refractivity (Wildman–Crippen MR) is 79.8 cm³/mol. The van der Waals surface area contributed by atoms with Gasteiger partial charge < -0.3 is 10.2 Å². The molecule has 1 unspecified atom stereocenters. The highest BCUT2D eigenvalue weighted by Crippen LogP contribution is 2.22. The third kappa shape index (κ3) is 4.03. The number of nitrogens with one attached hydrogen (secondary N) is 1. The lowest BCUT2D eigenvalue weighted by Gasteiger charge is -2.38. The molecule has 0 aliphatic carbocycles. The van der Waals surface area contributed by atoms with Gasteiger partial charge >= 0.3 is 0 Å². The van der Waals surface area contributed by atoms with Crippen LogP contribution in [0.5, 0.6) is 0 Å². The summed E-state index contributed by atoms with van der Waals surface area (Å²) in [7, 11) is 2.13. The molecule has 1 aliphatic rings. The van der Waals surface area contributed by atoms with Crippen LogP contribution in [0.25, 0.3) is 0 Å². The molecule has 19 heavy (non-hydrogen) atoms. The molecule has 1 saturated heterocycles. The first-order valence-electron chi connectivity index (χ1n) is 6.51. The Bertz CT molecular complexity index is 444. The molecule has 4 nitrogen and oxygen atoms in total. The topological polar surface area (TPSA) is 35.6 Å². The van der Waals surface area contributed by atoms with Crippen molar-refractivity contribution in [2.24, 2.45) is 0 Å². The van der Waals surface area contributed by atoms with E-state index in [-0.39, 0.29) is 12.1 Å². The van der Waals surface area contributed by atoms with E-state index in [2.05, 4.69) is 50.2 Å². The fourth-order valence-corrected chi connectivity index (χ4v) is 2.75. The zero-order chi connectivity index (χ0) is 13.8. The summed E-state index contributed by atoms with van der Waals surface area (Å²) in [6.45, 7) is 5.57. The predicted octanol–water partition coefficient (Wildman–Crippen LogP) is 1.83. The Morgan fingerprint density at radius 2 is 2.00 bits per heavy atom. The van der Waals surface area contributed by atoms with Gasteiger partial charge in [-0.3, -0.25) is 9.69 Å². The summed E-state index contributed by atoms with van der Waals surface area (Å²) in [6.07, 6.45) is -0.0382. The monoisotopic (exact) mass is 325 g/mol. The van der Waals surface area contributed by atoms with Crippen molar-refractivity contribution in [3.63, 3.8) is 0 Å². The number of carbonyl (C=O) groups excluding carboxylic acids is 1. The van der Waals surface area contributed by atoms with Crippen molar-refractivity contribution in [1.82, 2.24) is 15.1 Å². The largest absolute Gasteiger partial charge is 0.337 e. The maximum atomic E-state index is 11.5. The van der Waals surface area contributed by atoms with Gasteiger partial charge in [0, 0.05) is 37.6 Å². The Morgan fingerprint density at radius 3 is 2.58 bits per heavy atom. The van der Waals surface area contributed by atoms with Crippen molar-refractivity contribution < 1.29 is 4.79 Å². The van der Waals surface area contributed by atoms with Gasteiger partial charge in [0.05, 0.1) is 0 Å². The Balaban J connectivity index is 2.18. The molecule has 0 aromatic heterocycles. The van der Waals surface area contributed by atoms with Crippen molar-refractivity contribution in [1.29, 1.82) is 0 Å². The van der Waals surface area contributed by atoms with E-state index in [1.807, 2.05) is 12.1 Å². The minimum Gasteiger partial charge on any atom is -0.337 e. The second-order valence-electron chi connectivity index (χ2n) is 5.00. The Kier molecular flexibility index (Phi) is 4.96. The fraction of sp³-hybridized carbons (Fsp3) is 0.500. The van der Waals surface area contributed by atoms with Crippen LogP contribution in [0.1, 0.15) is 18.7 Å². The number of amides is 1. The second-order valence-corrected chi connectivity index (χ2v) is 5.91. The molecule has 0 spiro atoms. The van der Waals surface area contributed by atoms with E-state index >= 15 is 0 Å². The molecule has 0 bridgehead atoms. The molecular formula is C14H20BrN3O. The molecule has 1 N–H and O–H groups in total. The van der Waals surface area contributed by atoms with E-state index in [1.165, 1.54) is 0 Å². The minimum absolute atomic E-state index is 0.00361. The van der Waals surface area contributed by atoms with Crippen LogP contribution >= 0.6 is 15.9 Å². The summed E-state index contributed by atoms with van der Waals surface area (Å²) >= 11 is 3.49. The first-order valence-corrected chi connectivity index (χ1v) is 7.31. The van der Waals surface area contributed by atoms with Crippen LogP contribution in [0, 0.1) is 0 Å². The molecule has 1 heterocycles. The molecule has 0 radical (unpaired) electrons. The van der Waals surface area contributed by atoms with Crippen LogP contribution in [0.15, 0.2) is 28.7 Å². The van der Waals surface area contributed by atoms with Crippen molar-refractivity contribution in [3.05, 3.63) is 34.3 Å². The Hall–Kier alpha value is -0.910. The minimum atomic E-state index is -0.0382. The number of carbonyl (C=O) groups is 1. The van der Waals surface area contributed by atoms with Gasteiger partial charge in [0.2, 0.25) is 5.91 Å². The maximum Gasteiger partial charge on any atom is 0.218 e. The van der Waals surface area contributed by atoms with Gasteiger partial charge in [-0.1, -0.05) is 28.1 Å². The molecule has 2 rings (SSSR count). The number of hydrogen-bond acceptors (Lipinski definition) is 3. The summed E-state index contributed by atoms with van der Waals surface area (Å²) in [5.74, 6) is 0.00361. The average Bonchev–Trinajstić information content (AvgIpc) is 2.37. The quantitative estimate of drug-likeness (QED) is 0.921. The molecule has 1 atom stereocenters. The third-order valence-electron chi connectivity index (χ3n) is 3.41. The van der Waals surface area contributed by atoms with Crippen LogP contribution in [-0.2, 0) is 4.79 Å². The van der Waals surface area contributed by atoms with Gasteiger partial charge in [-0.15, -0.1) is 0 Å². The summed E-state index contributed by atoms with van der Waals surface area (Å²) in [4.78, 5) is 16.1. The fourth-order valence-electron chi connectivity index (χ4n) is 2.33. The van der Waals surface area contributed by atoms with Crippen LogP contribution in [0.4, 0.5) is 0 Å². The van der Waals surface area contributed by atoms with Crippen LogP contribution < -0.4 is 5.32 Å².